The summed E-state index contributed by atoms with van der Waals surface area (Å²) in [5.74, 6) is 0.0182. The van der Waals surface area contributed by atoms with Gasteiger partial charge in [0.2, 0.25) is 5.91 Å². The molecule has 0 aliphatic rings. The van der Waals surface area contributed by atoms with Gasteiger partial charge in [0.25, 0.3) is 0 Å². The SMILES string of the molecule is Cc1nn(C)cc1CNC(=O)CCC(N)c1ccccc1. The smallest absolute Gasteiger partial charge is 0.220 e. The van der Waals surface area contributed by atoms with Crippen molar-refractivity contribution in [1.82, 2.24) is 15.1 Å². The molecule has 5 nitrogen and oxygen atoms in total. The number of carbonyl (C=O) groups is 1. The molecule has 1 aromatic heterocycles. The predicted molar refractivity (Wildman–Crippen MR) is 82.4 cm³/mol. The van der Waals surface area contributed by atoms with Crippen LogP contribution in [0.2, 0.25) is 0 Å². The molecule has 5 heteroatoms. The van der Waals surface area contributed by atoms with Gasteiger partial charge in [0.05, 0.1) is 5.69 Å². The van der Waals surface area contributed by atoms with Crippen LogP contribution in [0.15, 0.2) is 36.5 Å². The summed E-state index contributed by atoms with van der Waals surface area (Å²) in [6.07, 6.45) is 2.99. The van der Waals surface area contributed by atoms with Gasteiger partial charge in [0, 0.05) is 37.8 Å². The third-order valence-electron chi connectivity index (χ3n) is 3.50. The predicted octanol–water partition coefficient (Wildman–Crippen LogP) is 1.82. The Morgan fingerprint density at radius 3 is 2.71 bits per heavy atom. The maximum atomic E-state index is 11.9. The maximum absolute atomic E-state index is 11.9. The minimum absolute atomic E-state index is 0.0182. The average molecular weight is 286 g/mol. The monoisotopic (exact) mass is 286 g/mol. The van der Waals surface area contributed by atoms with Crippen molar-refractivity contribution in [1.29, 1.82) is 0 Å². The van der Waals surface area contributed by atoms with Crippen molar-refractivity contribution in [2.24, 2.45) is 12.8 Å². The molecule has 1 amide bonds. The van der Waals surface area contributed by atoms with Crippen LogP contribution in [0, 0.1) is 6.92 Å². The van der Waals surface area contributed by atoms with Crippen LogP contribution in [0.3, 0.4) is 0 Å². The summed E-state index contributed by atoms with van der Waals surface area (Å²) in [7, 11) is 1.87. The van der Waals surface area contributed by atoms with Crippen molar-refractivity contribution in [2.45, 2.75) is 32.4 Å². The number of hydrogen-bond acceptors (Lipinski definition) is 3. The van der Waals surface area contributed by atoms with Crippen molar-refractivity contribution >= 4 is 5.91 Å². The van der Waals surface area contributed by atoms with Crippen LogP contribution < -0.4 is 11.1 Å². The van der Waals surface area contributed by atoms with Crippen LogP contribution in [0.4, 0.5) is 0 Å². The first kappa shape index (κ1) is 15.3. The first-order valence-corrected chi connectivity index (χ1v) is 7.12. The number of carbonyl (C=O) groups excluding carboxylic acids is 1. The van der Waals surface area contributed by atoms with E-state index < -0.39 is 0 Å². The van der Waals surface area contributed by atoms with E-state index in [0.29, 0.717) is 19.4 Å². The number of hydrogen-bond donors (Lipinski definition) is 2. The molecule has 0 aliphatic carbocycles. The fraction of sp³-hybridized carbons (Fsp3) is 0.375. The Morgan fingerprint density at radius 2 is 2.10 bits per heavy atom. The number of nitrogens with zero attached hydrogens (tertiary/aromatic N) is 2. The molecule has 1 aromatic carbocycles. The highest BCUT2D eigenvalue weighted by Crippen LogP contribution is 2.15. The number of benzene rings is 1. The fourth-order valence-corrected chi connectivity index (χ4v) is 2.26. The summed E-state index contributed by atoms with van der Waals surface area (Å²) in [6.45, 7) is 2.45. The second-order valence-corrected chi connectivity index (χ2v) is 5.25. The molecule has 112 valence electrons. The minimum Gasteiger partial charge on any atom is -0.352 e. The maximum Gasteiger partial charge on any atom is 0.220 e. The molecule has 0 bridgehead atoms. The summed E-state index contributed by atoms with van der Waals surface area (Å²) in [6, 6.07) is 9.75. The highest BCUT2D eigenvalue weighted by molar-refractivity contribution is 5.75. The number of aryl methyl sites for hydroxylation is 2. The van der Waals surface area contributed by atoms with Gasteiger partial charge < -0.3 is 11.1 Å². The van der Waals surface area contributed by atoms with Crippen LogP contribution >= 0.6 is 0 Å². The summed E-state index contributed by atoms with van der Waals surface area (Å²) in [4.78, 5) is 11.9. The molecule has 3 N–H and O–H groups in total. The van der Waals surface area contributed by atoms with E-state index in [9.17, 15) is 4.79 Å². The lowest BCUT2D eigenvalue weighted by atomic mass is 10.0. The van der Waals surface area contributed by atoms with Gasteiger partial charge in [0.1, 0.15) is 0 Å². The minimum atomic E-state index is -0.0999. The molecule has 2 aromatic rings. The molecule has 0 radical (unpaired) electrons. The molecule has 0 saturated heterocycles. The molecule has 2 rings (SSSR count). The Hall–Kier alpha value is -2.14. The van der Waals surface area contributed by atoms with Crippen LogP contribution in [0.1, 0.15) is 35.7 Å². The summed E-state index contributed by atoms with van der Waals surface area (Å²) < 4.78 is 1.75. The van der Waals surface area contributed by atoms with Gasteiger partial charge >= 0.3 is 0 Å². The summed E-state index contributed by atoms with van der Waals surface area (Å²) >= 11 is 0. The Morgan fingerprint density at radius 1 is 1.38 bits per heavy atom. The van der Waals surface area contributed by atoms with Crippen molar-refractivity contribution in [2.75, 3.05) is 0 Å². The molecule has 0 spiro atoms. The zero-order valence-corrected chi connectivity index (χ0v) is 12.5. The first-order chi connectivity index (χ1) is 10.1. The van der Waals surface area contributed by atoms with Crippen LogP contribution in [0.25, 0.3) is 0 Å². The van der Waals surface area contributed by atoms with E-state index in [1.165, 1.54) is 0 Å². The number of rotatable bonds is 6. The van der Waals surface area contributed by atoms with E-state index in [0.717, 1.165) is 16.8 Å². The Bertz CT molecular complexity index is 592. The van der Waals surface area contributed by atoms with Crippen molar-refractivity contribution in [3.8, 4) is 0 Å². The number of nitrogens with two attached hydrogens (primary N) is 1. The molecule has 1 atom stereocenters. The van der Waals surface area contributed by atoms with Crippen LogP contribution in [0.5, 0.6) is 0 Å². The lowest BCUT2D eigenvalue weighted by Gasteiger charge is -2.11. The van der Waals surface area contributed by atoms with Crippen molar-refractivity contribution < 1.29 is 4.79 Å². The van der Waals surface area contributed by atoms with Gasteiger partial charge in [-0.05, 0) is 18.9 Å². The van der Waals surface area contributed by atoms with Crippen LogP contribution in [-0.2, 0) is 18.4 Å². The molecule has 0 aliphatic heterocycles. The van der Waals surface area contributed by atoms with Crippen LogP contribution in [-0.4, -0.2) is 15.7 Å². The molecule has 1 heterocycles. The van der Waals surface area contributed by atoms with Gasteiger partial charge in [-0.2, -0.15) is 5.10 Å². The first-order valence-electron chi connectivity index (χ1n) is 7.12. The van der Waals surface area contributed by atoms with Gasteiger partial charge in [-0.3, -0.25) is 9.48 Å². The van der Waals surface area contributed by atoms with E-state index in [4.69, 9.17) is 5.73 Å². The highest BCUT2D eigenvalue weighted by atomic mass is 16.1. The standard InChI is InChI=1S/C16H22N4O/c1-12-14(11-20(2)19-12)10-18-16(21)9-8-15(17)13-6-4-3-5-7-13/h3-7,11,15H,8-10,17H2,1-2H3,(H,18,21). The van der Waals surface area contributed by atoms with E-state index in [1.54, 1.807) is 4.68 Å². The Kier molecular flexibility index (Phi) is 5.11. The van der Waals surface area contributed by atoms with E-state index in [2.05, 4.69) is 10.4 Å². The van der Waals surface area contributed by atoms with E-state index in [1.807, 2.05) is 50.5 Å². The molecule has 0 fully saturated rings. The lowest BCUT2D eigenvalue weighted by molar-refractivity contribution is -0.121. The zero-order valence-electron chi connectivity index (χ0n) is 12.5. The molecule has 21 heavy (non-hydrogen) atoms. The average Bonchev–Trinajstić information content (AvgIpc) is 2.81. The normalized spacial score (nSPS) is 12.1. The molecule has 1 unspecified atom stereocenters. The highest BCUT2D eigenvalue weighted by Gasteiger charge is 2.10. The Balaban J connectivity index is 1.76. The van der Waals surface area contributed by atoms with Gasteiger partial charge in [-0.1, -0.05) is 30.3 Å². The Labute approximate surface area is 125 Å². The van der Waals surface area contributed by atoms with Gasteiger partial charge in [0.15, 0.2) is 0 Å². The van der Waals surface area contributed by atoms with Gasteiger partial charge in [-0.15, -0.1) is 0 Å². The number of nitrogens with one attached hydrogen (secondary N) is 1. The zero-order chi connectivity index (χ0) is 15.2. The van der Waals surface area contributed by atoms with Gasteiger partial charge in [-0.25, -0.2) is 0 Å². The second-order valence-electron chi connectivity index (χ2n) is 5.25. The quantitative estimate of drug-likeness (QED) is 0.851. The molecular weight excluding hydrogens is 264 g/mol. The second kappa shape index (κ2) is 7.04. The van der Waals surface area contributed by atoms with E-state index >= 15 is 0 Å². The number of aromatic nitrogens is 2. The third-order valence-corrected chi connectivity index (χ3v) is 3.50. The van der Waals surface area contributed by atoms with Crippen molar-refractivity contribution in [3.05, 3.63) is 53.3 Å². The van der Waals surface area contributed by atoms with E-state index in [-0.39, 0.29) is 11.9 Å². The summed E-state index contributed by atoms with van der Waals surface area (Å²) in [5.41, 5.74) is 9.13. The number of amides is 1. The molecule has 0 saturated carbocycles. The molecular formula is C16H22N4O. The third kappa shape index (κ3) is 4.43. The largest absolute Gasteiger partial charge is 0.352 e. The lowest BCUT2D eigenvalue weighted by Crippen LogP contribution is -2.24. The topological polar surface area (TPSA) is 72.9 Å². The fourth-order valence-electron chi connectivity index (χ4n) is 2.26. The van der Waals surface area contributed by atoms with Crippen molar-refractivity contribution in [3.63, 3.8) is 0 Å². The summed E-state index contributed by atoms with van der Waals surface area (Å²) in [5, 5.41) is 7.16.